The maximum atomic E-state index is 6.35. The normalized spacial score (nSPS) is 13.2. The minimum Gasteiger partial charge on any atom is -0.438 e. The molecule has 0 radical (unpaired) electrons. The zero-order chi connectivity index (χ0) is 15.5. The lowest BCUT2D eigenvalue weighted by Crippen LogP contribution is -2.43. The predicted molar refractivity (Wildman–Crippen MR) is 90.5 cm³/mol. The highest BCUT2D eigenvalue weighted by Gasteiger charge is 2.31. The van der Waals surface area contributed by atoms with Gasteiger partial charge in [0.2, 0.25) is 0 Å². The summed E-state index contributed by atoms with van der Waals surface area (Å²) in [6.45, 7) is 21.5. The van der Waals surface area contributed by atoms with Crippen LogP contribution in [0.15, 0.2) is 0 Å². The molecule has 0 bridgehead atoms. The Kier molecular flexibility index (Phi) is 5.72. The third-order valence-electron chi connectivity index (χ3n) is 1.99. The first kappa shape index (κ1) is 18.5. The van der Waals surface area contributed by atoms with Crippen molar-refractivity contribution < 1.29 is 4.12 Å². The summed E-state index contributed by atoms with van der Waals surface area (Å²) in [5.41, 5.74) is 6.85. The molecule has 0 aromatic rings. The van der Waals surface area contributed by atoms with Crippen molar-refractivity contribution in [2.24, 2.45) is 10.8 Å². The van der Waals surface area contributed by atoms with Crippen LogP contribution < -0.4 is 0 Å². The summed E-state index contributed by atoms with van der Waals surface area (Å²) in [6, 6.07) is 0. The second-order valence-electron chi connectivity index (χ2n) is 8.12. The molecule has 0 rings (SSSR count). The molecule has 0 heterocycles. The highest BCUT2D eigenvalue weighted by molar-refractivity contribution is 6.92. The van der Waals surface area contributed by atoms with E-state index >= 15 is 0 Å². The van der Waals surface area contributed by atoms with Crippen molar-refractivity contribution in [2.75, 3.05) is 0 Å². The summed E-state index contributed by atoms with van der Waals surface area (Å²) in [5.74, 6) is 6.64. The Hall–Kier alpha value is -0.486. The zero-order valence-corrected chi connectivity index (χ0v) is 16.4. The Morgan fingerprint density at radius 3 is 1.11 bits per heavy atom. The molecule has 108 valence electrons. The van der Waals surface area contributed by atoms with Crippen LogP contribution in [0.2, 0.25) is 26.2 Å². The predicted octanol–water partition coefficient (Wildman–Crippen LogP) is 4.59. The molecule has 0 fully saturated rings. The lowest BCUT2D eigenvalue weighted by Gasteiger charge is -2.27. The van der Waals surface area contributed by atoms with Crippen LogP contribution in [-0.4, -0.2) is 16.6 Å². The van der Waals surface area contributed by atoms with Gasteiger partial charge in [0, 0.05) is 10.8 Å². The summed E-state index contributed by atoms with van der Waals surface area (Å²) in [7, 11) is -3.89. The van der Waals surface area contributed by atoms with Crippen molar-refractivity contribution in [3.63, 3.8) is 0 Å². The van der Waals surface area contributed by atoms with Gasteiger partial charge >= 0.3 is 0 Å². The van der Waals surface area contributed by atoms with E-state index < -0.39 is 16.6 Å². The molecule has 0 spiro atoms. The number of hydrogen-bond acceptors (Lipinski definition) is 1. The van der Waals surface area contributed by atoms with Crippen LogP contribution in [0.25, 0.3) is 0 Å². The molecule has 0 aliphatic rings. The summed E-state index contributed by atoms with van der Waals surface area (Å²) >= 11 is 0. The van der Waals surface area contributed by atoms with Gasteiger partial charge in [0.15, 0.2) is 0 Å². The van der Waals surface area contributed by atoms with Gasteiger partial charge in [0.25, 0.3) is 16.6 Å². The highest BCUT2D eigenvalue weighted by atomic mass is 28.4. The van der Waals surface area contributed by atoms with Crippen molar-refractivity contribution >= 4 is 16.6 Å². The summed E-state index contributed by atoms with van der Waals surface area (Å²) in [4.78, 5) is 0. The fraction of sp³-hybridized carbons (Fsp3) is 0.750. The fourth-order valence-corrected chi connectivity index (χ4v) is 8.23. The van der Waals surface area contributed by atoms with Gasteiger partial charge < -0.3 is 4.12 Å². The van der Waals surface area contributed by atoms with Crippen LogP contribution in [0.1, 0.15) is 41.5 Å². The average Bonchev–Trinajstić information content (AvgIpc) is 2.09. The standard InChI is InChI=1S/C16H30OSi2/c1-15(2,3)11-13-18(7,8)17-19(9,10)14-12-16(4,5)6/h1-10H3. The molecule has 0 saturated heterocycles. The van der Waals surface area contributed by atoms with Gasteiger partial charge in [-0.15, -0.1) is 11.8 Å². The molecule has 0 saturated carbocycles. The first-order valence-electron chi connectivity index (χ1n) is 6.91. The van der Waals surface area contributed by atoms with Crippen molar-refractivity contribution in [1.29, 1.82) is 0 Å². The van der Waals surface area contributed by atoms with Gasteiger partial charge in [0.05, 0.1) is 0 Å². The largest absolute Gasteiger partial charge is 0.438 e. The Morgan fingerprint density at radius 2 is 0.895 bits per heavy atom. The van der Waals surface area contributed by atoms with E-state index in [0.717, 1.165) is 0 Å². The smallest absolute Gasteiger partial charge is 0.256 e. The molecule has 0 atom stereocenters. The molecule has 0 aliphatic heterocycles. The van der Waals surface area contributed by atoms with Gasteiger partial charge in [-0.05, 0) is 67.7 Å². The Balaban J connectivity index is 4.99. The Bertz CT molecular complexity index is 384. The maximum absolute atomic E-state index is 6.35. The van der Waals surface area contributed by atoms with Crippen LogP contribution in [0.3, 0.4) is 0 Å². The van der Waals surface area contributed by atoms with Crippen LogP contribution in [-0.2, 0) is 4.12 Å². The molecular formula is C16H30OSi2. The summed E-state index contributed by atoms with van der Waals surface area (Å²) < 4.78 is 6.35. The molecule has 0 amide bonds. The summed E-state index contributed by atoms with van der Waals surface area (Å²) in [5, 5.41) is 0. The van der Waals surface area contributed by atoms with Crippen molar-refractivity contribution in [3.05, 3.63) is 0 Å². The molecule has 0 aromatic carbocycles. The first-order chi connectivity index (χ1) is 8.12. The van der Waals surface area contributed by atoms with Gasteiger partial charge in [0.1, 0.15) is 0 Å². The molecule has 3 heteroatoms. The van der Waals surface area contributed by atoms with Crippen molar-refractivity contribution in [2.45, 2.75) is 67.7 Å². The van der Waals surface area contributed by atoms with Crippen molar-refractivity contribution in [3.8, 4) is 22.9 Å². The average molecular weight is 295 g/mol. The topological polar surface area (TPSA) is 9.23 Å². The minimum atomic E-state index is -1.95. The monoisotopic (exact) mass is 294 g/mol. The van der Waals surface area contributed by atoms with E-state index in [4.69, 9.17) is 4.12 Å². The van der Waals surface area contributed by atoms with E-state index in [1.54, 1.807) is 0 Å². The molecular weight excluding hydrogens is 264 g/mol. The van der Waals surface area contributed by atoms with Crippen molar-refractivity contribution in [1.82, 2.24) is 0 Å². The highest BCUT2D eigenvalue weighted by Crippen LogP contribution is 2.17. The van der Waals surface area contributed by atoms with Gasteiger partial charge in [-0.2, -0.15) is 0 Å². The van der Waals surface area contributed by atoms with Gasteiger partial charge in [-0.1, -0.05) is 11.1 Å². The number of rotatable bonds is 2. The van der Waals surface area contributed by atoms with Gasteiger partial charge in [-0.3, -0.25) is 0 Å². The van der Waals surface area contributed by atoms with E-state index in [1.807, 2.05) is 0 Å². The number of hydrogen-bond donors (Lipinski definition) is 0. The van der Waals surface area contributed by atoms with Crippen LogP contribution in [0.5, 0.6) is 0 Å². The minimum absolute atomic E-state index is 0.0381. The third kappa shape index (κ3) is 11.1. The molecule has 0 unspecified atom stereocenters. The van der Waals surface area contributed by atoms with E-state index in [1.165, 1.54) is 0 Å². The Morgan fingerprint density at radius 1 is 0.632 bits per heavy atom. The Labute approximate surface area is 122 Å². The van der Waals surface area contributed by atoms with Crippen LogP contribution in [0.4, 0.5) is 0 Å². The SMILES string of the molecule is CC(C)(C)C#C[Si](C)(C)O[Si](C)(C)C#CC(C)(C)C. The molecule has 0 aliphatic carbocycles. The molecule has 19 heavy (non-hydrogen) atoms. The lowest BCUT2D eigenvalue weighted by molar-refractivity contribution is 0.560. The third-order valence-corrected chi connectivity index (χ3v) is 7.52. The second kappa shape index (κ2) is 5.87. The quantitative estimate of drug-likeness (QED) is 0.534. The lowest BCUT2D eigenvalue weighted by atomic mass is 9.99. The maximum Gasteiger partial charge on any atom is 0.256 e. The molecule has 0 aromatic heterocycles. The molecule has 1 nitrogen and oxygen atoms in total. The zero-order valence-electron chi connectivity index (χ0n) is 14.4. The second-order valence-corrected chi connectivity index (χ2v) is 15.5. The van der Waals surface area contributed by atoms with E-state index in [-0.39, 0.29) is 10.8 Å². The molecule has 0 N–H and O–H groups in total. The van der Waals surface area contributed by atoms with E-state index in [0.29, 0.717) is 0 Å². The van der Waals surface area contributed by atoms with Crippen LogP contribution in [0, 0.1) is 33.8 Å². The first-order valence-corrected chi connectivity index (χ1v) is 12.7. The fourth-order valence-electron chi connectivity index (χ4n) is 1.36. The van der Waals surface area contributed by atoms with Crippen LogP contribution >= 0.6 is 0 Å². The van der Waals surface area contributed by atoms with Gasteiger partial charge in [-0.25, -0.2) is 0 Å². The van der Waals surface area contributed by atoms with E-state index in [2.05, 4.69) is 90.7 Å². The summed E-state index contributed by atoms with van der Waals surface area (Å²) in [6.07, 6.45) is 0. The van der Waals surface area contributed by atoms with E-state index in [9.17, 15) is 0 Å².